The van der Waals surface area contributed by atoms with Gasteiger partial charge >= 0.3 is 0 Å². The van der Waals surface area contributed by atoms with E-state index in [1.165, 1.54) is 0 Å². The fourth-order valence-corrected chi connectivity index (χ4v) is 2.47. The summed E-state index contributed by atoms with van der Waals surface area (Å²) in [5, 5.41) is 0. The fourth-order valence-electron chi connectivity index (χ4n) is 2.47. The van der Waals surface area contributed by atoms with Crippen molar-refractivity contribution in [2.75, 3.05) is 14.2 Å². The third kappa shape index (κ3) is 2.33. The Morgan fingerprint density at radius 1 is 0.952 bits per heavy atom. The number of hydrogen-bond acceptors (Lipinski definition) is 4. The van der Waals surface area contributed by atoms with Crippen LogP contribution < -0.4 is 0 Å². The lowest BCUT2D eigenvalue weighted by atomic mass is 10.0. The molecular weight excluding hydrogens is 266 g/mol. The largest absolute Gasteiger partial charge is 0.435 e. The van der Waals surface area contributed by atoms with Crippen LogP contribution in [0.25, 0.3) is 0 Å². The zero-order chi connectivity index (χ0) is 14.7. The molecule has 0 N–H and O–H groups in total. The highest BCUT2D eigenvalue weighted by atomic mass is 16.7. The number of benzene rings is 2. The number of hydrogen-bond donors (Lipinski definition) is 0. The summed E-state index contributed by atoms with van der Waals surface area (Å²) in [5.74, 6) is -0.533. The first-order valence-electron chi connectivity index (χ1n) is 6.76. The van der Waals surface area contributed by atoms with Crippen LogP contribution in [0.2, 0.25) is 0 Å². The van der Waals surface area contributed by atoms with E-state index in [9.17, 15) is 0 Å². The molecule has 0 saturated carbocycles. The molecule has 1 aliphatic rings. The molecule has 108 valence electrons. The molecule has 4 heteroatoms. The first-order valence-corrected chi connectivity index (χ1v) is 6.76. The van der Waals surface area contributed by atoms with Gasteiger partial charge in [0.05, 0.1) is 0 Å². The maximum absolute atomic E-state index is 6.08. The molecule has 1 heterocycles. The maximum atomic E-state index is 6.08. The van der Waals surface area contributed by atoms with Crippen LogP contribution in [0.15, 0.2) is 65.7 Å². The van der Waals surface area contributed by atoms with Crippen molar-refractivity contribution < 1.29 is 14.2 Å². The van der Waals surface area contributed by atoms with Gasteiger partial charge in [0, 0.05) is 25.3 Å². The van der Waals surface area contributed by atoms with Crippen LogP contribution in [0, 0.1) is 0 Å². The van der Waals surface area contributed by atoms with Gasteiger partial charge in [-0.3, -0.25) is 0 Å². The molecule has 0 radical (unpaired) electrons. The molecule has 2 aromatic rings. The molecule has 1 aliphatic heterocycles. The van der Waals surface area contributed by atoms with Gasteiger partial charge in [0.1, 0.15) is 0 Å². The van der Waals surface area contributed by atoms with E-state index >= 15 is 0 Å². The van der Waals surface area contributed by atoms with Crippen molar-refractivity contribution in [1.82, 2.24) is 0 Å². The van der Waals surface area contributed by atoms with Crippen LogP contribution in [0.1, 0.15) is 11.1 Å². The molecule has 21 heavy (non-hydrogen) atoms. The zero-order valence-corrected chi connectivity index (χ0v) is 12.0. The Morgan fingerprint density at radius 3 is 2.14 bits per heavy atom. The van der Waals surface area contributed by atoms with E-state index in [1.807, 2.05) is 60.7 Å². The summed E-state index contributed by atoms with van der Waals surface area (Å²) in [6.07, 6.45) is -0.555. The van der Waals surface area contributed by atoms with Gasteiger partial charge in [-0.2, -0.15) is 0 Å². The first-order chi connectivity index (χ1) is 10.3. The number of ether oxygens (including phenoxy) is 3. The van der Waals surface area contributed by atoms with Crippen LogP contribution in [0.3, 0.4) is 0 Å². The monoisotopic (exact) mass is 283 g/mol. The summed E-state index contributed by atoms with van der Waals surface area (Å²) in [4.78, 5) is 4.52. The predicted octanol–water partition coefficient (Wildman–Crippen LogP) is 2.94. The number of rotatable bonds is 4. The smallest absolute Gasteiger partial charge is 0.286 e. The topological polar surface area (TPSA) is 40.0 Å². The van der Waals surface area contributed by atoms with Crippen molar-refractivity contribution in [2.24, 2.45) is 4.99 Å². The average Bonchev–Trinajstić information content (AvgIpc) is 2.96. The first kappa shape index (κ1) is 13.8. The van der Waals surface area contributed by atoms with Crippen molar-refractivity contribution in [3.63, 3.8) is 0 Å². The van der Waals surface area contributed by atoms with E-state index in [4.69, 9.17) is 14.2 Å². The Balaban J connectivity index is 2.01. The molecule has 0 aromatic heterocycles. The van der Waals surface area contributed by atoms with Gasteiger partial charge in [-0.1, -0.05) is 48.5 Å². The molecule has 0 spiro atoms. The summed E-state index contributed by atoms with van der Waals surface area (Å²) < 4.78 is 17.2. The minimum atomic E-state index is -1.05. The molecule has 2 aromatic carbocycles. The van der Waals surface area contributed by atoms with Gasteiger partial charge in [-0.15, -0.1) is 0 Å². The second-order valence-corrected chi connectivity index (χ2v) is 4.73. The molecule has 0 fully saturated rings. The number of aliphatic imine (C=N–C) groups is 1. The molecule has 0 saturated heterocycles. The van der Waals surface area contributed by atoms with E-state index < -0.39 is 12.0 Å². The van der Waals surface area contributed by atoms with Crippen molar-refractivity contribution >= 4 is 5.90 Å². The van der Waals surface area contributed by atoms with Crippen molar-refractivity contribution in [3.8, 4) is 0 Å². The van der Waals surface area contributed by atoms with Gasteiger partial charge in [0.25, 0.3) is 5.79 Å². The molecule has 0 unspecified atom stereocenters. The Labute approximate surface area is 124 Å². The second-order valence-electron chi connectivity index (χ2n) is 4.73. The average molecular weight is 283 g/mol. The molecule has 0 amide bonds. The van der Waals surface area contributed by atoms with Gasteiger partial charge in [-0.05, 0) is 12.1 Å². The summed E-state index contributed by atoms with van der Waals surface area (Å²) in [6.45, 7) is 0. The van der Waals surface area contributed by atoms with Crippen LogP contribution in [0.5, 0.6) is 0 Å². The van der Waals surface area contributed by atoms with Crippen LogP contribution in [0.4, 0.5) is 0 Å². The van der Waals surface area contributed by atoms with E-state index in [0.29, 0.717) is 5.90 Å². The fraction of sp³-hybridized carbons (Fsp3) is 0.235. The molecule has 0 aliphatic carbocycles. The van der Waals surface area contributed by atoms with Gasteiger partial charge in [-0.25, -0.2) is 4.99 Å². The molecule has 2 atom stereocenters. The van der Waals surface area contributed by atoms with Crippen LogP contribution in [-0.2, 0) is 20.0 Å². The van der Waals surface area contributed by atoms with E-state index in [2.05, 4.69) is 4.99 Å². The Bertz CT molecular complexity index is 627. The summed E-state index contributed by atoms with van der Waals surface area (Å²) in [5.41, 5.74) is 1.77. The van der Waals surface area contributed by atoms with Crippen molar-refractivity contribution in [3.05, 3.63) is 71.8 Å². The highest BCUT2D eigenvalue weighted by Gasteiger charge is 2.50. The normalized spacial score (nSPS) is 24.5. The molecule has 3 rings (SSSR count). The minimum Gasteiger partial charge on any atom is -0.435 e. The van der Waals surface area contributed by atoms with Gasteiger partial charge in [0.15, 0.2) is 0 Å². The Hall–Kier alpha value is -2.17. The summed E-state index contributed by atoms with van der Waals surface area (Å²) >= 11 is 0. The second kappa shape index (κ2) is 5.68. The maximum Gasteiger partial charge on any atom is 0.286 e. The lowest BCUT2D eigenvalue weighted by Gasteiger charge is -2.31. The van der Waals surface area contributed by atoms with E-state index in [1.54, 1.807) is 14.2 Å². The molecule has 0 bridgehead atoms. The van der Waals surface area contributed by atoms with Crippen LogP contribution >= 0.6 is 0 Å². The lowest BCUT2D eigenvalue weighted by Crippen LogP contribution is -2.40. The van der Waals surface area contributed by atoms with E-state index in [0.717, 1.165) is 11.1 Å². The molecular formula is C17H17NO3. The van der Waals surface area contributed by atoms with Crippen molar-refractivity contribution in [2.45, 2.75) is 12.0 Å². The highest BCUT2D eigenvalue weighted by Crippen LogP contribution is 2.38. The predicted molar refractivity (Wildman–Crippen MR) is 80.0 cm³/mol. The zero-order valence-electron chi connectivity index (χ0n) is 12.0. The Morgan fingerprint density at radius 2 is 1.57 bits per heavy atom. The SMILES string of the molecule is CO[C@H]1N=C(c2ccccc2)O[C@]1(OC)c1ccccc1. The van der Waals surface area contributed by atoms with E-state index in [-0.39, 0.29) is 0 Å². The Kier molecular flexibility index (Phi) is 3.73. The summed E-state index contributed by atoms with van der Waals surface area (Å²) in [7, 11) is 3.20. The van der Waals surface area contributed by atoms with Crippen LogP contribution in [-0.4, -0.2) is 26.3 Å². The third-order valence-corrected chi connectivity index (χ3v) is 3.53. The highest BCUT2D eigenvalue weighted by molar-refractivity contribution is 5.95. The third-order valence-electron chi connectivity index (χ3n) is 3.53. The van der Waals surface area contributed by atoms with Gasteiger partial charge in [0.2, 0.25) is 12.1 Å². The quantitative estimate of drug-likeness (QED) is 0.866. The van der Waals surface area contributed by atoms with Crippen molar-refractivity contribution in [1.29, 1.82) is 0 Å². The van der Waals surface area contributed by atoms with Gasteiger partial charge < -0.3 is 14.2 Å². The molecule has 4 nitrogen and oxygen atoms in total. The number of nitrogens with zero attached hydrogens (tertiary/aromatic N) is 1. The minimum absolute atomic E-state index is 0.521. The standard InChI is InChI=1S/C17H17NO3/c1-19-16-17(20-2,14-11-7-4-8-12-14)21-15(18-16)13-9-5-3-6-10-13/h3-12,16H,1-2H3/t16-,17-/m1/s1. The lowest BCUT2D eigenvalue weighted by molar-refractivity contribution is -0.229. The number of methoxy groups -OCH3 is 2. The summed E-state index contributed by atoms with van der Waals surface area (Å²) in [6, 6.07) is 19.4.